The lowest BCUT2D eigenvalue weighted by Gasteiger charge is -2.10. The summed E-state index contributed by atoms with van der Waals surface area (Å²) in [6.07, 6.45) is 1.61. The first-order valence-corrected chi connectivity index (χ1v) is 9.56. The molecule has 3 rings (SSSR count). The minimum Gasteiger partial charge on any atom is -0.462 e. The summed E-state index contributed by atoms with van der Waals surface area (Å²) < 4.78 is 7.08. The molecule has 0 saturated heterocycles. The Hall–Kier alpha value is -3.87. The van der Waals surface area contributed by atoms with Crippen LogP contribution in [0.4, 0.5) is 5.69 Å². The fourth-order valence-electron chi connectivity index (χ4n) is 3.14. The average molecular weight is 404 g/mol. The summed E-state index contributed by atoms with van der Waals surface area (Å²) in [4.78, 5) is 24.0. The third-order valence-electron chi connectivity index (χ3n) is 4.65. The Kier molecular flexibility index (Phi) is 6.32. The summed E-state index contributed by atoms with van der Waals surface area (Å²) in [7, 11) is 0. The van der Waals surface area contributed by atoms with Crippen LogP contribution in [0.15, 0.2) is 59.7 Å². The Morgan fingerprint density at radius 1 is 1.07 bits per heavy atom. The second kappa shape index (κ2) is 9.09. The summed E-state index contributed by atoms with van der Waals surface area (Å²) in [6, 6.07) is 15.8. The second-order valence-corrected chi connectivity index (χ2v) is 6.75. The molecule has 0 unspecified atom stereocenters. The van der Waals surface area contributed by atoms with Crippen LogP contribution in [0.2, 0.25) is 0 Å². The van der Waals surface area contributed by atoms with Crippen molar-refractivity contribution in [3.05, 3.63) is 82.7 Å². The zero-order valence-corrected chi connectivity index (χ0v) is 17.2. The Labute approximate surface area is 175 Å². The van der Waals surface area contributed by atoms with Crippen LogP contribution >= 0.6 is 0 Å². The largest absolute Gasteiger partial charge is 0.462 e. The fraction of sp³-hybridized carbons (Fsp3) is 0.174. The van der Waals surface area contributed by atoms with Crippen LogP contribution < -0.4 is 11.2 Å². The van der Waals surface area contributed by atoms with Crippen LogP contribution in [0.25, 0.3) is 5.69 Å². The normalized spacial score (nSPS) is 10.9. The van der Waals surface area contributed by atoms with Gasteiger partial charge in [0.25, 0.3) is 5.91 Å². The molecule has 0 atom stereocenters. The van der Waals surface area contributed by atoms with Crippen LogP contribution in [-0.2, 0) is 4.74 Å². The smallest absolute Gasteiger partial charge is 0.338 e. The number of carbonyl (C=O) groups is 2. The molecule has 1 aromatic heterocycles. The number of hydrogen-bond acceptors (Lipinski definition) is 5. The van der Waals surface area contributed by atoms with Crippen molar-refractivity contribution in [2.75, 3.05) is 12.3 Å². The summed E-state index contributed by atoms with van der Waals surface area (Å²) in [5.74, 6) is -0.649. The van der Waals surface area contributed by atoms with Crippen molar-refractivity contribution in [2.45, 2.75) is 20.8 Å². The number of amides is 1. The van der Waals surface area contributed by atoms with E-state index < -0.39 is 0 Å². The Morgan fingerprint density at radius 3 is 2.33 bits per heavy atom. The van der Waals surface area contributed by atoms with Gasteiger partial charge in [0.2, 0.25) is 0 Å². The molecule has 0 spiro atoms. The molecule has 0 aliphatic heterocycles. The van der Waals surface area contributed by atoms with Gasteiger partial charge in [0.15, 0.2) is 0 Å². The number of benzene rings is 2. The standard InChI is InChI=1S/C23H24N4O3/c1-4-30-23(29)18-7-11-21(12-8-18)27-15(2)13-19(16(27)3)14-25-26-22(28)17-5-9-20(24)10-6-17/h5-14H,4,24H2,1-3H3,(H,26,28)/b25-14+. The van der Waals surface area contributed by atoms with E-state index in [1.807, 2.05) is 32.0 Å². The number of carbonyl (C=O) groups excluding carboxylic acids is 2. The van der Waals surface area contributed by atoms with E-state index in [1.54, 1.807) is 49.5 Å². The molecule has 0 aliphatic rings. The van der Waals surface area contributed by atoms with E-state index in [0.29, 0.717) is 23.4 Å². The lowest BCUT2D eigenvalue weighted by Crippen LogP contribution is -2.17. The van der Waals surface area contributed by atoms with Crippen LogP contribution in [0.3, 0.4) is 0 Å². The number of hydrogen-bond donors (Lipinski definition) is 2. The Bertz CT molecular complexity index is 1080. The summed E-state index contributed by atoms with van der Waals surface area (Å²) in [6.45, 7) is 6.07. The highest BCUT2D eigenvalue weighted by Gasteiger charge is 2.11. The van der Waals surface area contributed by atoms with Gasteiger partial charge in [0.1, 0.15) is 0 Å². The van der Waals surface area contributed by atoms with Gasteiger partial charge in [0, 0.05) is 33.9 Å². The van der Waals surface area contributed by atoms with E-state index >= 15 is 0 Å². The van der Waals surface area contributed by atoms with E-state index in [4.69, 9.17) is 10.5 Å². The molecular weight excluding hydrogens is 380 g/mol. The number of nitrogens with one attached hydrogen (secondary N) is 1. The van der Waals surface area contributed by atoms with Crippen molar-refractivity contribution in [2.24, 2.45) is 5.10 Å². The highest BCUT2D eigenvalue weighted by atomic mass is 16.5. The van der Waals surface area contributed by atoms with Gasteiger partial charge in [-0.05, 0) is 75.4 Å². The van der Waals surface area contributed by atoms with Gasteiger partial charge in [-0.2, -0.15) is 5.10 Å². The van der Waals surface area contributed by atoms with E-state index in [9.17, 15) is 9.59 Å². The van der Waals surface area contributed by atoms with Gasteiger partial charge >= 0.3 is 5.97 Å². The maximum Gasteiger partial charge on any atom is 0.338 e. The molecule has 0 radical (unpaired) electrons. The molecule has 7 nitrogen and oxygen atoms in total. The number of aromatic nitrogens is 1. The van der Waals surface area contributed by atoms with Crippen molar-refractivity contribution < 1.29 is 14.3 Å². The minimum absolute atomic E-state index is 0.311. The monoisotopic (exact) mass is 404 g/mol. The fourth-order valence-corrected chi connectivity index (χ4v) is 3.14. The lowest BCUT2D eigenvalue weighted by molar-refractivity contribution is 0.0526. The molecule has 3 aromatic rings. The van der Waals surface area contributed by atoms with E-state index in [2.05, 4.69) is 15.1 Å². The molecule has 2 aromatic carbocycles. The molecule has 1 heterocycles. The van der Waals surface area contributed by atoms with Gasteiger partial charge in [-0.15, -0.1) is 0 Å². The molecule has 0 fully saturated rings. The number of nitrogen functional groups attached to an aromatic ring is 1. The SMILES string of the molecule is CCOC(=O)c1ccc(-n2c(C)cc(/C=N/NC(=O)c3ccc(N)cc3)c2C)cc1. The molecule has 0 bridgehead atoms. The molecule has 30 heavy (non-hydrogen) atoms. The summed E-state index contributed by atoms with van der Waals surface area (Å²) in [5, 5.41) is 4.08. The first kappa shape index (κ1) is 20.9. The number of rotatable bonds is 6. The highest BCUT2D eigenvalue weighted by Crippen LogP contribution is 2.20. The Balaban J connectivity index is 1.75. The highest BCUT2D eigenvalue weighted by molar-refractivity contribution is 5.95. The van der Waals surface area contributed by atoms with Crippen LogP contribution in [0.5, 0.6) is 0 Å². The lowest BCUT2D eigenvalue weighted by atomic mass is 10.2. The average Bonchev–Trinajstić information content (AvgIpc) is 3.02. The minimum atomic E-state index is -0.338. The van der Waals surface area contributed by atoms with Crippen LogP contribution in [0, 0.1) is 13.8 Å². The van der Waals surface area contributed by atoms with Gasteiger partial charge in [0.05, 0.1) is 18.4 Å². The summed E-state index contributed by atoms with van der Waals surface area (Å²) >= 11 is 0. The van der Waals surface area contributed by atoms with Crippen molar-refractivity contribution in [3.63, 3.8) is 0 Å². The first-order valence-electron chi connectivity index (χ1n) is 9.56. The van der Waals surface area contributed by atoms with E-state index in [-0.39, 0.29) is 11.9 Å². The molecule has 154 valence electrons. The van der Waals surface area contributed by atoms with Crippen molar-refractivity contribution in [3.8, 4) is 5.69 Å². The molecule has 0 saturated carbocycles. The molecule has 7 heteroatoms. The van der Waals surface area contributed by atoms with Crippen molar-refractivity contribution in [1.82, 2.24) is 9.99 Å². The number of nitrogens with two attached hydrogens (primary N) is 1. The third kappa shape index (κ3) is 4.57. The maximum absolute atomic E-state index is 12.1. The molecule has 0 aliphatic carbocycles. The maximum atomic E-state index is 12.1. The summed E-state index contributed by atoms with van der Waals surface area (Å²) in [5.41, 5.74) is 13.5. The van der Waals surface area contributed by atoms with Crippen LogP contribution in [-0.4, -0.2) is 29.3 Å². The number of hydrazone groups is 1. The Morgan fingerprint density at radius 2 is 1.70 bits per heavy atom. The number of ether oxygens (including phenoxy) is 1. The number of nitrogens with zero attached hydrogens (tertiary/aromatic N) is 2. The third-order valence-corrected chi connectivity index (χ3v) is 4.65. The molecule has 1 amide bonds. The molecule has 3 N–H and O–H groups in total. The van der Waals surface area contributed by atoms with Gasteiger partial charge < -0.3 is 15.0 Å². The predicted octanol–water partition coefficient (Wildman–Crippen LogP) is 3.62. The predicted molar refractivity (Wildman–Crippen MR) is 117 cm³/mol. The number of anilines is 1. The molecular formula is C23H24N4O3. The van der Waals surface area contributed by atoms with Gasteiger partial charge in [-0.25, -0.2) is 10.2 Å². The van der Waals surface area contributed by atoms with Crippen molar-refractivity contribution >= 4 is 23.8 Å². The second-order valence-electron chi connectivity index (χ2n) is 6.75. The van der Waals surface area contributed by atoms with Gasteiger partial charge in [-0.1, -0.05) is 0 Å². The topological polar surface area (TPSA) is 98.7 Å². The zero-order valence-electron chi connectivity index (χ0n) is 17.2. The van der Waals surface area contributed by atoms with Gasteiger partial charge in [-0.3, -0.25) is 4.79 Å². The zero-order chi connectivity index (χ0) is 21.7. The van der Waals surface area contributed by atoms with E-state index in [0.717, 1.165) is 22.6 Å². The number of esters is 1. The van der Waals surface area contributed by atoms with E-state index in [1.165, 1.54) is 0 Å². The number of aryl methyl sites for hydroxylation is 1. The van der Waals surface area contributed by atoms with Crippen molar-refractivity contribution in [1.29, 1.82) is 0 Å². The first-order chi connectivity index (χ1) is 14.4. The van der Waals surface area contributed by atoms with Crippen LogP contribution in [0.1, 0.15) is 44.6 Å². The quantitative estimate of drug-likeness (QED) is 0.284.